The number of anilines is 1. The number of carbonyl (C=O) groups is 1. The molecular weight excluding hydrogens is 258 g/mol. The molecule has 0 aromatic carbocycles. The van der Waals surface area contributed by atoms with Gasteiger partial charge < -0.3 is 10.6 Å². The largest absolute Gasteiger partial charge is 0.384 e. The third-order valence-corrected chi connectivity index (χ3v) is 4.54. The van der Waals surface area contributed by atoms with Crippen molar-refractivity contribution >= 4 is 23.4 Å². The lowest BCUT2D eigenvalue weighted by molar-refractivity contribution is 0.0948. The highest BCUT2D eigenvalue weighted by Crippen LogP contribution is 2.24. The van der Waals surface area contributed by atoms with Gasteiger partial charge in [0.1, 0.15) is 5.69 Å². The molecule has 2 rings (SSSR count). The average Bonchev–Trinajstić information content (AvgIpc) is 2.47. The zero-order valence-electron chi connectivity index (χ0n) is 11.3. The molecule has 0 spiro atoms. The first-order valence-electron chi connectivity index (χ1n) is 6.89. The van der Waals surface area contributed by atoms with Gasteiger partial charge in [-0.15, -0.1) is 0 Å². The number of carbonyl (C=O) groups excluding carboxylic acids is 1. The summed E-state index contributed by atoms with van der Waals surface area (Å²) in [4.78, 5) is 16.1. The third-order valence-electron chi connectivity index (χ3n) is 3.14. The summed E-state index contributed by atoms with van der Waals surface area (Å²) in [5.74, 6) is 1.14. The number of rotatable bonds is 5. The summed E-state index contributed by atoms with van der Waals surface area (Å²) >= 11 is 1.96. The fourth-order valence-electron chi connectivity index (χ4n) is 2.10. The molecule has 0 bridgehead atoms. The first-order valence-corrected chi connectivity index (χ1v) is 7.94. The van der Waals surface area contributed by atoms with Crippen LogP contribution in [0.15, 0.2) is 18.3 Å². The van der Waals surface area contributed by atoms with Crippen molar-refractivity contribution in [3.8, 4) is 0 Å². The Morgan fingerprint density at radius 3 is 3.00 bits per heavy atom. The highest BCUT2D eigenvalue weighted by Gasteiger charge is 2.15. The summed E-state index contributed by atoms with van der Waals surface area (Å²) in [6.07, 6.45) is 5.50. The Morgan fingerprint density at radius 1 is 1.47 bits per heavy atom. The molecule has 1 aliphatic rings. The lowest BCUT2D eigenvalue weighted by Gasteiger charge is -2.21. The number of hydrogen-bond donors (Lipinski definition) is 2. The van der Waals surface area contributed by atoms with Crippen molar-refractivity contribution < 1.29 is 4.79 Å². The topological polar surface area (TPSA) is 54.0 Å². The van der Waals surface area contributed by atoms with Gasteiger partial charge in [0.05, 0.1) is 11.9 Å². The molecule has 4 nitrogen and oxygen atoms in total. The molecule has 104 valence electrons. The van der Waals surface area contributed by atoms with Gasteiger partial charge in [0.25, 0.3) is 5.91 Å². The van der Waals surface area contributed by atoms with Gasteiger partial charge in [-0.05, 0) is 37.7 Å². The van der Waals surface area contributed by atoms with Crippen LogP contribution in [0.1, 0.15) is 36.7 Å². The highest BCUT2D eigenvalue weighted by atomic mass is 32.2. The van der Waals surface area contributed by atoms with Crippen molar-refractivity contribution in [1.82, 2.24) is 10.3 Å². The van der Waals surface area contributed by atoms with Crippen LogP contribution in [-0.4, -0.2) is 35.0 Å². The van der Waals surface area contributed by atoms with Gasteiger partial charge in [0, 0.05) is 18.3 Å². The minimum Gasteiger partial charge on any atom is -0.384 e. The van der Waals surface area contributed by atoms with Crippen molar-refractivity contribution in [2.24, 2.45) is 0 Å². The fraction of sp³-hybridized carbons (Fsp3) is 0.571. The van der Waals surface area contributed by atoms with Crippen LogP contribution in [-0.2, 0) is 0 Å². The Bertz CT molecular complexity index is 402. The molecule has 0 radical (unpaired) electrons. The minimum absolute atomic E-state index is 0.0748. The molecule has 2 heterocycles. The van der Waals surface area contributed by atoms with Gasteiger partial charge in [0.2, 0.25) is 0 Å². The summed E-state index contributed by atoms with van der Waals surface area (Å²) in [7, 11) is 0. The Labute approximate surface area is 118 Å². The van der Waals surface area contributed by atoms with Gasteiger partial charge in [-0.1, -0.05) is 6.42 Å². The molecule has 2 N–H and O–H groups in total. The maximum absolute atomic E-state index is 12.0. The smallest absolute Gasteiger partial charge is 0.269 e. The lowest BCUT2D eigenvalue weighted by atomic mass is 10.2. The number of pyridine rings is 1. The molecule has 1 saturated heterocycles. The first-order chi connectivity index (χ1) is 9.29. The molecule has 1 fully saturated rings. The van der Waals surface area contributed by atoms with Crippen LogP contribution >= 0.6 is 11.8 Å². The van der Waals surface area contributed by atoms with Crippen LogP contribution in [0.3, 0.4) is 0 Å². The number of aromatic nitrogens is 1. The Hall–Kier alpha value is -1.23. The predicted molar refractivity (Wildman–Crippen MR) is 80.8 cm³/mol. The van der Waals surface area contributed by atoms with E-state index in [1.54, 1.807) is 12.3 Å². The minimum atomic E-state index is -0.0748. The van der Waals surface area contributed by atoms with Crippen LogP contribution < -0.4 is 10.6 Å². The monoisotopic (exact) mass is 279 g/mol. The van der Waals surface area contributed by atoms with Crippen LogP contribution in [0.2, 0.25) is 0 Å². The van der Waals surface area contributed by atoms with E-state index in [1.165, 1.54) is 25.0 Å². The fourth-order valence-corrected chi connectivity index (χ4v) is 3.34. The molecule has 1 amide bonds. The summed E-state index contributed by atoms with van der Waals surface area (Å²) in [6, 6.07) is 3.65. The number of amides is 1. The van der Waals surface area contributed by atoms with Crippen LogP contribution in [0.5, 0.6) is 0 Å². The van der Waals surface area contributed by atoms with Gasteiger partial charge in [-0.2, -0.15) is 11.8 Å². The third kappa shape index (κ3) is 4.42. The van der Waals surface area contributed by atoms with Crippen LogP contribution in [0, 0.1) is 0 Å². The van der Waals surface area contributed by atoms with E-state index in [0.717, 1.165) is 18.8 Å². The van der Waals surface area contributed by atoms with E-state index in [0.29, 0.717) is 10.9 Å². The van der Waals surface area contributed by atoms with Crippen molar-refractivity contribution in [1.29, 1.82) is 0 Å². The zero-order valence-corrected chi connectivity index (χ0v) is 12.1. The quantitative estimate of drug-likeness (QED) is 0.869. The lowest BCUT2D eigenvalue weighted by Crippen LogP contribution is -2.32. The molecule has 5 heteroatoms. The van der Waals surface area contributed by atoms with Gasteiger partial charge in [-0.3, -0.25) is 4.79 Å². The summed E-state index contributed by atoms with van der Waals surface area (Å²) in [5.41, 5.74) is 1.43. The van der Waals surface area contributed by atoms with E-state index < -0.39 is 0 Å². The molecule has 1 aromatic heterocycles. The summed E-state index contributed by atoms with van der Waals surface area (Å²) < 4.78 is 0. The normalized spacial score (nSPS) is 18.9. The second kappa shape index (κ2) is 7.38. The van der Waals surface area contributed by atoms with Crippen molar-refractivity contribution in [2.75, 3.05) is 24.2 Å². The SMILES string of the molecule is CCNc1ccc(C(=O)NCC2CCCCS2)nc1. The number of nitrogens with zero attached hydrogens (tertiary/aromatic N) is 1. The summed E-state index contributed by atoms with van der Waals surface area (Å²) in [6.45, 7) is 3.63. The average molecular weight is 279 g/mol. The first kappa shape index (κ1) is 14.2. The highest BCUT2D eigenvalue weighted by molar-refractivity contribution is 7.99. The van der Waals surface area contributed by atoms with Gasteiger partial charge in [0.15, 0.2) is 0 Å². The van der Waals surface area contributed by atoms with Gasteiger partial charge >= 0.3 is 0 Å². The number of nitrogens with one attached hydrogen (secondary N) is 2. The maximum Gasteiger partial charge on any atom is 0.269 e. The zero-order chi connectivity index (χ0) is 13.5. The molecule has 19 heavy (non-hydrogen) atoms. The Balaban J connectivity index is 1.81. The molecule has 1 aliphatic heterocycles. The van der Waals surface area contributed by atoms with E-state index in [4.69, 9.17) is 0 Å². The van der Waals surface area contributed by atoms with Crippen LogP contribution in [0.25, 0.3) is 0 Å². The Morgan fingerprint density at radius 2 is 2.37 bits per heavy atom. The van der Waals surface area contributed by atoms with Crippen molar-refractivity contribution in [2.45, 2.75) is 31.4 Å². The number of hydrogen-bond acceptors (Lipinski definition) is 4. The molecule has 0 aliphatic carbocycles. The summed E-state index contributed by atoms with van der Waals surface area (Å²) in [5, 5.41) is 6.71. The number of thioether (sulfide) groups is 1. The molecule has 1 atom stereocenters. The van der Waals surface area contributed by atoms with Crippen LogP contribution in [0.4, 0.5) is 5.69 Å². The van der Waals surface area contributed by atoms with E-state index in [9.17, 15) is 4.79 Å². The maximum atomic E-state index is 12.0. The molecule has 1 aromatic rings. The molecule has 0 saturated carbocycles. The van der Waals surface area contributed by atoms with E-state index in [2.05, 4.69) is 15.6 Å². The van der Waals surface area contributed by atoms with Crippen molar-refractivity contribution in [3.63, 3.8) is 0 Å². The van der Waals surface area contributed by atoms with E-state index >= 15 is 0 Å². The Kier molecular flexibility index (Phi) is 5.51. The van der Waals surface area contributed by atoms with Gasteiger partial charge in [-0.25, -0.2) is 4.98 Å². The molecule has 1 unspecified atom stereocenters. The second-order valence-corrected chi connectivity index (χ2v) is 6.07. The molecular formula is C14H21N3OS. The predicted octanol–water partition coefficient (Wildman–Crippen LogP) is 2.53. The standard InChI is InChI=1S/C14H21N3OS/c1-2-15-11-6-7-13(16-9-11)14(18)17-10-12-5-3-4-8-19-12/h6-7,9,12,15H,2-5,8,10H2,1H3,(H,17,18). The van der Waals surface area contributed by atoms with Crippen molar-refractivity contribution in [3.05, 3.63) is 24.0 Å². The van der Waals surface area contributed by atoms with E-state index in [1.807, 2.05) is 24.8 Å². The van der Waals surface area contributed by atoms with E-state index in [-0.39, 0.29) is 5.91 Å². The second-order valence-electron chi connectivity index (χ2n) is 4.66.